The van der Waals surface area contributed by atoms with Crippen LogP contribution in [0.5, 0.6) is 0 Å². The van der Waals surface area contributed by atoms with Gasteiger partial charge in [0.25, 0.3) is 0 Å². The summed E-state index contributed by atoms with van der Waals surface area (Å²) in [6, 6.07) is 49.8. The normalized spacial score (nSPS) is 14.5. The van der Waals surface area contributed by atoms with Crippen LogP contribution in [0, 0.1) is 0 Å². The zero-order valence-corrected chi connectivity index (χ0v) is 29.0. The van der Waals surface area contributed by atoms with Crippen molar-refractivity contribution >= 4 is 82.4 Å². The SMILES string of the molecule is C1=CCCC(c2cccc(-n3c4ccccc4c4cc(-c5ccc6c7ccccc7n(C7=Cc8c(sc9ccccc89)CC7)c6c5)ccc43)c2)=C1. The number of hydrogen-bond acceptors (Lipinski definition) is 1. The van der Waals surface area contributed by atoms with Crippen molar-refractivity contribution in [1.29, 1.82) is 0 Å². The summed E-state index contributed by atoms with van der Waals surface area (Å²) < 4.78 is 6.36. The molecule has 0 saturated carbocycles. The van der Waals surface area contributed by atoms with Crippen LogP contribution in [0.25, 0.3) is 87.9 Å². The van der Waals surface area contributed by atoms with Crippen LogP contribution in [0.3, 0.4) is 0 Å². The van der Waals surface area contributed by atoms with Crippen LogP contribution >= 0.6 is 11.3 Å². The molecule has 2 nitrogen and oxygen atoms in total. The van der Waals surface area contributed by atoms with E-state index in [1.54, 1.807) is 0 Å². The van der Waals surface area contributed by atoms with Crippen molar-refractivity contribution in [1.82, 2.24) is 9.13 Å². The Kier molecular flexibility index (Phi) is 6.41. The molecule has 11 rings (SSSR count). The molecule has 242 valence electrons. The van der Waals surface area contributed by atoms with Crippen LogP contribution in [-0.4, -0.2) is 9.13 Å². The molecule has 0 saturated heterocycles. The molecule has 0 radical (unpaired) electrons. The maximum absolute atomic E-state index is 2.54. The zero-order valence-electron chi connectivity index (χ0n) is 28.1. The quantitative estimate of drug-likeness (QED) is 0.176. The molecule has 51 heavy (non-hydrogen) atoms. The lowest BCUT2D eigenvalue weighted by atomic mass is 9.97. The zero-order chi connectivity index (χ0) is 33.5. The lowest BCUT2D eigenvalue weighted by Crippen LogP contribution is -2.03. The molecule has 0 spiro atoms. The van der Waals surface area contributed by atoms with E-state index in [2.05, 4.69) is 167 Å². The number of thiophene rings is 1. The monoisotopic (exact) mass is 670 g/mol. The van der Waals surface area contributed by atoms with E-state index in [1.165, 1.54) is 97.8 Å². The first-order valence-electron chi connectivity index (χ1n) is 18.0. The molecule has 3 aromatic heterocycles. The number of aromatic nitrogens is 2. The van der Waals surface area contributed by atoms with Gasteiger partial charge in [0.05, 0.1) is 22.1 Å². The predicted molar refractivity (Wildman–Crippen MR) is 220 cm³/mol. The van der Waals surface area contributed by atoms with Gasteiger partial charge >= 0.3 is 0 Å². The third-order valence-corrected chi connectivity index (χ3v) is 12.3. The largest absolute Gasteiger partial charge is 0.313 e. The van der Waals surface area contributed by atoms with Crippen LogP contribution in [0.15, 0.2) is 152 Å². The van der Waals surface area contributed by atoms with Crippen LogP contribution < -0.4 is 0 Å². The third-order valence-electron chi connectivity index (χ3n) is 11.1. The van der Waals surface area contributed by atoms with Gasteiger partial charge in [0.2, 0.25) is 0 Å². The highest BCUT2D eigenvalue weighted by molar-refractivity contribution is 7.19. The fourth-order valence-corrected chi connectivity index (χ4v) is 9.88. The first-order chi connectivity index (χ1) is 25.3. The standard InChI is InChI=1S/C48H34N2S/c1-2-11-31(12-3-1)32-13-10-14-35(27-32)49-44-19-8-5-16-38(44)41-28-33(22-25-45(41)49)34-21-24-39-37-15-4-7-18-43(37)50(46(39)29-34)36-23-26-48-42(30-36)40-17-6-9-20-47(40)51-48/h1-2,4-11,13-22,24-25,27-30H,3,12,23,26H2. The van der Waals surface area contributed by atoms with E-state index in [9.17, 15) is 0 Å². The van der Waals surface area contributed by atoms with Crippen molar-refractivity contribution in [2.45, 2.75) is 25.7 Å². The molecule has 0 amide bonds. The number of rotatable bonds is 4. The van der Waals surface area contributed by atoms with Crippen molar-refractivity contribution in [3.63, 3.8) is 0 Å². The summed E-state index contributed by atoms with van der Waals surface area (Å²) in [4.78, 5) is 1.50. The summed E-state index contributed by atoms with van der Waals surface area (Å²) in [5.41, 5.74) is 14.2. The molecule has 3 heteroatoms. The summed E-state index contributed by atoms with van der Waals surface area (Å²) >= 11 is 1.95. The molecule has 2 aliphatic rings. The van der Waals surface area contributed by atoms with Gasteiger partial charge in [-0.1, -0.05) is 103 Å². The Bertz CT molecular complexity index is 2970. The number of aryl methyl sites for hydroxylation is 1. The molecule has 0 fully saturated rings. The molecule has 0 unspecified atom stereocenters. The third kappa shape index (κ3) is 4.48. The lowest BCUT2D eigenvalue weighted by Gasteiger charge is -2.17. The van der Waals surface area contributed by atoms with E-state index in [4.69, 9.17) is 0 Å². The Balaban J connectivity index is 1.08. The minimum absolute atomic E-state index is 1.03. The molecule has 0 N–H and O–H groups in total. The molecule has 0 atom stereocenters. The maximum atomic E-state index is 2.54. The summed E-state index contributed by atoms with van der Waals surface area (Å²) in [6.45, 7) is 0. The van der Waals surface area contributed by atoms with E-state index in [1.807, 2.05) is 11.3 Å². The van der Waals surface area contributed by atoms with Gasteiger partial charge in [-0.2, -0.15) is 0 Å². The fraction of sp³-hybridized carbons (Fsp3) is 0.0833. The first-order valence-corrected chi connectivity index (χ1v) is 18.8. The van der Waals surface area contributed by atoms with Gasteiger partial charge in [-0.05, 0) is 108 Å². The number of para-hydroxylation sites is 2. The average Bonchev–Trinajstić information content (AvgIpc) is 3.85. The van der Waals surface area contributed by atoms with Crippen LogP contribution in [0.1, 0.15) is 35.3 Å². The highest BCUT2D eigenvalue weighted by Gasteiger charge is 2.21. The van der Waals surface area contributed by atoms with Gasteiger partial charge in [0.15, 0.2) is 0 Å². The van der Waals surface area contributed by atoms with E-state index in [0.29, 0.717) is 0 Å². The van der Waals surface area contributed by atoms with E-state index < -0.39 is 0 Å². The average molecular weight is 671 g/mol. The topological polar surface area (TPSA) is 9.86 Å². The minimum atomic E-state index is 1.03. The Morgan fingerprint density at radius 3 is 2.08 bits per heavy atom. The summed E-state index contributed by atoms with van der Waals surface area (Å²) in [7, 11) is 0. The van der Waals surface area contributed by atoms with Crippen LogP contribution in [0.4, 0.5) is 0 Å². The highest BCUT2D eigenvalue weighted by Crippen LogP contribution is 2.43. The molecule has 3 heterocycles. The summed E-state index contributed by atoms with van der Waals surface area (Å²) in [5, 5.41) is 6.54. The maximum Gasteiger partial charge on any atom is 0.0544 e. The molecule has 2 aliphatic carbocycles. The molecule has 9 aromatic rings. The lowest BCUT2D eigenvalue weighted by molar-refractivity contribution is 0.968. The van der Waals surface area contributed by atoms with Crippen LogP contribution in [0.2, 0.25) is 0 Å². The number of hydrogen-bond donors (Lipinski definition) is 0. The molecule has 0 bridgehead atoms. The van der Waals surface area contributed by atoms with Crippen molar-refractivity contribution < 1.29 is 0 Å². The van der Waals surface area contributed by atoms with Gasteiger partial charge in [-0.25, -0.2) is 0 Å². The van der Waals surface area contributed by atoms with Gasteiger partial charge in [0, 0.05) is 47.9 Å². The van der Waals surface area contributed by atoms with Crippen molar-refractivity contribution in [2.75, 3.05) is 0 Å². The van der Waals surface area contributed by atoms with Gasteiger partial charge < -0.3 is 9.13 Å². The number of allylic oxidation sites excluding steroid dienone is 5. The van der Waals surface area contributed by atoms with Gasteiger partial charge in [-0.3, -0.25) is 0 Å². The summed E-state index contributed by atoms with van der Waals surface area (Å²) in [5.74, 6) is 0. The number of benzene rings is 6. The predicted octanol–water partition coefficient (Wildman–Crippen LogP) is 13.5. The van der Waals surface area contributed by atoms with E-state index >= 15 is 0 Å². The smallest absolute Gasteiger partial charge is 0.0544 e. The number of nitrogens with zero attached hydrogens (tertiary/aromatic N) is 2. The number of fused-ring (bicyclic) bond motifs is 9. The Hall–Kier alpha value is -5.90. The minimum Gasteiger partial charge on any atom is -0.313 e. The summed E-state index contributed by atoms with van der Waals surface area (Å²) in [6.07, 6.45) is 13.5. The fourth-order valence-electron chi connectivity index (χ4n) is 8.69. The molecular weight excluding hydrogens is 637 g/mol. The second-order valence-electron chi connectivity index (χ2n) is 13.9. The van der Waals surface area contributed by atoms with Crippen molar-refractivity contribution in [3.05, 3.63) is 168 Å². The molecule has 0 aliphatic heterocycles. The Labute approximate surface area is 300 Å². The van der Waals surface area contributed by atoms with Crippen molar-refractivity contribution in [2.24, 2.45) is 0 Å². The van der Waals surface area contributed by atoms with Crippen LogP contribution in [-0.2, 0) is 6.42 Å². The van der Waals surface area contributed by atoms with E-state index in [-0.39, 0.29) is 0 Å². The first kappa shape index (κ1) is 28.9. The highest BCUT2D eigenvalue weighted by atomic mass is 32.1. The van der Waals surface area contributed by atoms with Gasteiger partial charge in [0.1, 0.15) is 0 Å². The van der Waals surface area contributed by atoms with Crippen molar-refractivity contribution in [3.8, 4) is 16.8 Å². The van der Waals surface area contributed by atoms with Gasteiger partial charge in [-0.15, -0.1) is 11.3 Å². The molecule has 6 aromatic carbocycles. The Morgan fingerprint density at radius 1 is 0.490 bits per heavy atom. The Morgan fingerprint density at radius 2 is 1.22 bits per heavy atom. The van der Waals surface area contributed by atoms with E-state index in [0.717, 1.165) is 25.7 Å². The second kappa shape index (κ2) is 11.3. The molecular formula is C48H34N2S. The second-order valence-corrected chi connectivity index (χ2v) is 15.1.